The van der Waals surface area contributed by atoms with E-state index in [1.165, 1.54) is 32.9 Å². The van der Waals surface area contributed by atoms with Crippen molar-refractivity contribution in [2.24, 2.45) is 0 Å². The summed E-state index contributed by atoms with van der Waals surface area (Å²) in [7, 11) is 0. The number of para-hydroxylation sites is 3. The molecule has 4 heterocycles. The molecule has 0 aliphatic carbocycles. The van der Waals surface area contributed by atoms with Gasteiger partial charge < -0.3 is 13.9 Å². The molecule has 0 fully saturated rings. The fraction of sp³-hybridized carbons (Fsp3) is 0.174. The first-order chi connectivity index (χ1) is 25.1. The van der Waals surface area contributed by atoms with Crippen LogP contribution in [0.3, 0.4) is 0 Å². The molecule has 0 bridgehead atoms. The second-order valence-electron chi connectivity index (χ2n) is 15.5. The van der Waals surface area contributed by atoms with E-state index in [0.717, 1.165) is 39.0 Å². The van der Waals surface area contributed by atoms with Crippen LogP contribution in [-0.4, -0.2) is 23.9 Å². The number of pyridine rings is 1. The molecule has 0 amide bonds. The van der Waals surface area contributed by atoms with Crippen LogP contribution in [0.5, 0.6) is 11.5 Å². The zero-order chi connectivity index (χ0) is 35.8. The Labute approximate surface area is 323 Å². The van der Waals surface area contributed by atoms with Gasteiger partial charge in [0.05, 0.1) is 16.7 Å². The summed E-state index contributed by atoms with van der Waals surface area (Å²) in [6.07, 6.45) is 5.57. The molecule has 53 heavy (non-hydrogen) atoms. The molecular weight excluding hydrogens is 834 g/mol. The maximum atomic E-state index is 6.39. The maximum Gasteiger partial charge on any atom is 2.00 e. The maximum absolute atomic E-state index is 6.39. The van der Waals surface area contributed by atoms with Crippen molar-refractivity contribution >= 4 is 43.6 Å². The number of hydrogen-bond donors (Lipinski definition) is 0. The molecule has 0 aliphatic rings. The van der Waals surface area contributed by atoms with Crippen molar-refractivity contribution in [2.75, 3.05) is 0 Å². The van der Waals surface area contributed by atoms with Crippen molar-refractivity contribution in [1.29, 1.82) is 0 Å². The predicted octanol–water partition coefficient (Wildman–Crippen LogP) is 11.4. The van der Waals surface area contributed by atoms with Crippen LogP contribution in [0.15, 0.2) is 128 Å². The Hall–Kier alpha value is -5.45. The van der Waals surface area contributed by atoms with E-state index in [9.17, 15) is 0 Å². The van der Waals surface area contributed by atoms with Crippen LogP contribution in [0.25, 0.3) is 60.8 Å². The summed E-state index contributed by atoms with van der Waals surface area (Å²) < 4.78 is 12.8. The van der Waals surface area contributed by atoms with Crippen LogP contribution in [0.4, 0.5) is 0 Å². The molecule has 6 nitrogen and oxygen atoms in total. The summed E-state index contributed by atoms with van der Waals surface area (Å²) in [5.74, 6) is 1.98. The first-order valence-electron chi connectivity index (χ1n) is 17.8. The minimum Gasteiger partial charge on any atom is -0.509 e. The molecule has 0 radical (unpaired) electrons. The standard InChI is InChI=1S/C46H39N5O.Pt/c1-45(2,3)38-18-10-16-36-37-17-11-19-39(46(4,5)6)44(37)50(43(36)38)31-23-25-47-42(28-31)51-40-20-8-7-15-34(40)35-22-21-33(29-41(35)51)52-32-14-9-13-30(27-32)49-26-12-24-48-49;/h7-26,28H,1-6H3;/q-2;+2. The molecule has 9 rings (SSSR count). The average molecular weight is 873 g/mol. The zero-order valence-corrected chi connectivity index (χ0v) is 32.9. The van der Waals surface area contributed by atoms with Gasteiger partial charge in [-0.15, -0.1) is 35.7 Å². The third kappa shape index (κ3) is 5.86. The van der Waals surface area contributed by atoms with Crippen LogP contribution in [0, 0.1) is 12.1 Å². The summed E-state index contributed by atoms with van der Waals surface area (Å²) >= 11 is 0. The summed E-state index contributed by atoms with van der Waals surface area (Å²) in [6, 6.07) is 45.0. The number of fused-ring (bicyclic) bond motifs is 6. The first-order valence-corrected chi connectivity index (χ1v) is 17.8. The molecule has 4 aromatic heterocycles. The van der Waals surface area contributed by atoms with Crippen LogP contribution in [0.2, 0.25) is 0 Å². The van der Waals surface area contributed by atoms with Gasteiger partial charge in [-0.2, -0.15) is 17.2 Å². The van der Waals surface area contributed by atoms with Gasteiger partial charge in [-0.1, -0.05) is 102 Å². The van der Waals surface area contributed by atoms with Crippen LogP contribution >= 0.6 is 0 Å². The summed E-state index contributed by atoms with van der Waals surface area (Å²) in [5, 5.41) is 9.06. The van der Waals surface area contributed by atoms with Gasteiger partial charge in [0.1, 0.15) is 5.82 Å². The summed E-state index contributed by atoms with van der Waals surface area (Å²) in [5.41, 5.74) is 8.73. The molecule has 9 aromatic rings. The van der Waals surface area contributed by atoms with E-state index >= 15 is 0 Å². The van der Waals surface area contributed by atoms with E-state index in [1.807, 2.05) is 42.7 Å². The van der Waals surface area contributed by atoms with Gasteiger partial charge >= 0.3 is 21.1 Å². The molecule has 0 saturated carbocycles. The molecule has 0 atom stereocenters. The minimum absolute atomic E-state index is 0. The molecule has 5 aromatic carbocycles. The largest absolute Gasteiger partial charge is 2.00 e. The van der Waals surface area contributed by atoms with Crippen molar-refractivity contribution < 1.29 is 25.8 Å². The normalized spacial score (nSPS) is 12.2. The number of hydrogen-bond acceptors (Lipinski definition) is 3. The number of aromatic nitrogens is 5. The Morgan fingerprint density at radius 2 is 1.25 bits per heavy atom. The van der Waals surface area contributed by atoms with Gasteiger partial charge in [-0.05, 0) is 51.2 Å². The monoisotopic (exact) mass is 872 g/mol. The second kappa shape index (κ2) is 12.9. The topological polar surface area (TPSA) is 49.8 Å². The quantitative estimate of drug-likeness (QED) is 0.162. The number of benzene rings is 5. The Morgan fingerprint density at radius 1 is 0.585 bits per heavy atom. The fourth-order valence-electron chi connectivity index (χ4n) is 7.58. The third-order valence-corrected chi connectivity index (χ3v) is 9.92. The van der Waals surface area contributed by atoms with Gasteiger partial charge in [0.25, 0.3) is 0 Å². The SMILES string of the molecule is CC(C)(C)c1cccc2c3cccc(C(C)(C)C)c3n(-c3ccnc(-n4c5[c-]c(Oc6[c-]c(-n7cccn7)ccc6)ccc5c5ccccc54)c3)c12.[Pt+2]. The van der Waals surface area contributed by atoms with E-state index in [0.29, 0.717) is 11.5 Å². The molecule has 0 unspecified atom stereocenters. The van der Waals surface area contributed by atoms with E-state index in [1.54, 1.807) is 10.9 Å². The number of rotatable bonds is 5. The van der Waals surface area contributed by atoms with Crippen molar-refractivity contribution in [3.63, 3.8) is 0 Å². The Morgan fingerprint density at radius 3 is 1.92 bits per heavy atom. The molecule has 0 aliphatic heterocycles. The van der Waals surface area contributed by atoms with Crippen molar-refractivity contribution in [3.05, 3.63) is 151 Å². The predicted molar refractivity (Wildman–Crippen MR) is 212 cm³/mol. The molecule has 0 N–H and O–H groups in total. The minimum atomic E-state index is -0.0725. The van der Waals surface area contributed by atoms with E-state index in [4.69, 9.17) is 9.72 Å². The van der Waals surface area contributed by atoms with Gasteiger partial charge in [-0.3, -0.25) is 4.68 Å². The summed E-state index contributed by atoms with van der Waals surface area (Å²) in [6.45, 7) is 13.8. The third-order valence-electron chi connectivity index (χ3n) is 9.92. The van der Waals surface area contributed by atoms with Crippen molar-refractivity contribution in [2.45, 2.75) is 52.4 Å². The van der Waals surface area contributed by atoms with Crippen LogP contribution in [0.1, 0.15) is 52.7 Å². The van der Waals surface area contributed by atoms with Crippen LogP contribution < -0.4 is 4.74 Å². The second-order valence-corrected chi connectivity index (χ2v) is 15.5. The van der Waals surface area contributed by atoms with Crippen LogP contribution in [-0.2, 0) is 31.9 Å². The van der Waals surface area contributed by atoms with E-state index in [-0.39, 0.29) is 31.9 Å². The Bertz CT molecular complexity index is 2720. The molecule has 7 heteroatoms. The number of nitrogens with zero attached hydrogens (tertiary/aromatic N) is 5. The first kappa shape index (κ1) is 34.6. The number of ether oxygens (including phenoxy) is 1. The van der Waals surface area contributed by atoms with E-state index in [2.05, 4.69) is 147 Å². The van der Waals surface area contributed by atoms with Gasteiger partial charge in [0, 0.05) is 52.4 Å². The Kier molecular flexibility index (Phi) is 8.42. The zero-order valence-electron chi connectivity index (χ0n) is 30.6. The molecule has 264 valence electrons. The summed E-state index contributed by atoms with van der Waals surface area (Å²) in [4.78, 5) is 5.02. The fourth-order valence-corrected chi connectivity index (χ4v) is 7.58. The molecule has 0 spiro atoms. The Balaban J connectivity index is 0.00000400. The smallest absolute Gasteiger partial charge is 0.509 e. The van der Waals surface area contributed by atoms with Gasteiger partial charge in [0.2, 0.25) is 0 Å². The van der Waals surface area contributed by atoms with Gasteiger partial charge in [-0.25, -0.2) is 4.98 Å². The average Bonchev–Trinajstić information content (AvgIpc) is 3.86. The van der Waals surface area contributed by atoms with Crippen molar-refractivity contribution in [3.8, 4) is 28.7 Å². The van der Waals surface area contributed by atoms with Crippen molar-refractivity contribution in [1.82, 2.24) is 23.9 Å². The van der Waals surface area contributed by atoms with Gasteiger partial charge in [0.15, 0.2) is 0 Å². The van der Waals surface area contributed by atoms with E-state index < -0.39 is 0 Å². The molecular formula is C46H39N5OPt. The molecule has 0 saturated heterocycles.